The van der Waals surface area contributed by atoms with Gasteiger partial charge in [0.15, 0.2) is 0 Å². The van der Waals surface area contributed by atoms with E-state index >= 15 is 0 Å². The molecule has 2 aromatic carbocycles. The lowest BCUT2D eigenvalue weighted by Gasteiger charge is -2.29. The highest BCUT2D eigenvalue weighted by molar-refractivity contribution is 6.51. The lowest BCUT2D eigenvalue weighted by atomic mass is 10.1. The molecule has 0 bridgehead atoms. The predicted octanol–water partition coefficient (Wildman–Crippen LogP) is 5.87. The minimum atomic E-state index is -0.0149. The number of anilines is 1. The molecule has 4 nitrogen and oxygen atoms in total. The van der Waals surface area contributed by atoms with Crippen LogP contribution in [0.2, 0.25) is 15.1 Å². The van der Waals surface area contributed by atoms with Gasteiger partial charge in [-0.1, -0.05) is 53.0 Å². The van der Waals surface area contributed by atoms with Gasteiger partial charge in [0.25, 0.3) is 0 Å². The molecule has 0 spiro atoms. The molecule has 3 aromatic rings. The van der Waals surface area contributed by atoms with E-state index in [-0.39, 0.29) is 5.84 Å². The molecule has 3 N–H and O–H groups in total. The average Bonchev–Trinajstić information content (AvgIpc) is 3.03. The molecule has 27 heavy (non-hydrogen) atoms. The van der Waals surface area contributed by atoms with E-state index in [0.29, 0.717) is 20.8 Å². The van der Waals surface area contributed by atoms with Gasteiger partial charge >= 0.3 is 0 Å². The quantitative estimate of drug-likeness (QED) is 0.316. The zero-order valence-corrected chi connectivity index (χ0v) is 16.9. The maximum Gasteiger partial charge on any atom is 0.142 e. The van der Waals surface area contributed by atoms with Gasteiger partial charge in [0.2, 0.25) is 0 Å². The molecule has 140 valence electrons. The number of halogens is 3. The van der Waals surface area contributed by atoms with Crippen molar-refractivity contribution >= 4 is 57.2 Å². The third-order valence-corrected chi connectivity index (χ3v) is 6.27. The Balaban J connectivity index is 2.15. The van der Waals surface area contributed by atoms with Crippen molar-refractivity contribution < 1.29 is 0 Å². The summed E-state index contributed by atoms with van der Waals surface area (Å²) in [7, 11) is 0. The Morgan fingerprint density at radius 1 is 0.963 bits per heavy atom. The second-order valence-corrected chi connectivity index (χ2v) is 7.87. The average molecular weight is 422 g/mol. The summed E-state index contributed by atoms with van der Waals surface area (Å²) in [5.41, 5.74) is 9.26. The SMILES string of the molecule is N=C(N)c1c(N2CCCCC2)c2c(Cl)c(Cl)c(Cl)cc2n1-c1ccccc1. The highest BCUT2D eigenvalue weighted by Crippen LogP contribution is 2.46. The Morgan fingerprint density at radius 2 is 1.63 bits per heavy atom. The maximum atomic E-state index is 8.32. The van der Waals surface area contributed by atoms with Crippen molar-refractivity contribution in [1.29, 1.82) is 5.41 Å². The van der Waals surface area contributed by atoms with E-state index in [1.54, 1.807) is 6.07 Å². The first-order valence-electron chi connectivity index (χ1n) is 8.87. The highest BCUT2D eigenvalue weighted by atomic mass is 35.5. The first kappa shape index (κ1) is 18.5. The van der Waals surface area contributed by atoms with Gasteiger partial charge in [-0.25, -0.2) is 0 Å². The molecule has 1 aliphatic heterocycles. The molecule has 1 aliphatic rings. The van der Waals surface area contributed by atoms with Crippen LogP contribution < -0.4 is 10.6 Å². The van der Waals surface area contributed by atoms with E-state index in [2.05, 4.69) is 4.90 Å². The van der Waals surface area contributed by atoms with Crippen molar-refractivity contribution in [3.05, 3.63) is 57.2 Å². The summed E-state index contributed by atoms with van der Waals surface area (Å²) >= 11 is 19.4. The number of para-hydroxylation sites is 1. The van der Waals surface area contributed by atoms with E-state index in [1.807, 2.05) is 34.9 Å². The molecule has 0 amide bonds. The highest BCUT2D eigenvalue weighted by Gasteiger charge is 2.28. The number of hydrogen-bond acceptors (Lipinski definition) is 2. The van der Waals surface area contributed by atoms with Crippen LogP contribution in [0.15, 0.2) is 36.4 Å². The molecule has 0 unspecified atom stereocenters. The van der Waals surface area contributed by atoms with Crippen LogP contribution in [0.25, 0.3) is 16.6 Å². The van der Waals surface area contributed by atoms with Gasteiger partial charge in [0, 0.05) is 24.2 Å². The molecule has 1 saturated heterocycles. The summed E-state index contributed by atoms with van der Waals surface area (Å²) in [6.07, 6.45) is 3.38. The van der Waals surface area contributed by atoms with Crippen LogP contribution in [-0.2, 0) is 0 Å². The van der Waals surface area contributed by atoms with Gasteiger partial charge in [0.05, 0.1) is 26.3 Å². The minimum absolute atomic E-state index is 0.0149. The zero-order valence-electron chi connectivity index (χ0n) is 14.6. The van der Waals surface area contributed by atoms with Crippen LogP contribution in [-0.4, -0.2) is 23.5 Å². The number of aromatic nitrogens is 1. The van der Waals surface area contributed by atoms with Gasteiger partial charge in [-0.05, 0) is 37.5 Å². The van der Waals surface area contributed by atoms with Crippen LogP contribution in [0, 0.1) is 5.41 Å². The van der Waals surface area contributed by atoms with Crippen LogP contribution in [0.5, 0.6) is 0 Å². The number of benzene rings is 2. The molecule has 4 rings (SSSR count). The number of fused-ring (bicyclic) bond motifs is 1. The van der Waals surface area contributed by atoms with Crippen LogP contribution in [0.1, 0.15) is 25.0 Å². The van der Waals surface area contributed by atoms with Crippen molar-refractivity contribution in [3.8, 4) is 5.69 Å². The van der Waals surface area contributed by atoms with Gasteiger partial charge < -0.3 is 15.2 Å². The smallest absolute Gasteiger partial charge is 0.142 e. The molecule has 0 saturated carbocycles. The first-order chi connectivity index (χ1) is 13.0. The minimum Gasteiger partial charge on any atom is -0.382 e. The monoisotopic (exact) mass is 420 g/mol. The summed E-state index contributed by atoms with van der Waals surface area (Å²) in [6, 6.07) is 11.6. The molecule has 1 fully saturated rings. The fourth-order valence-electron chi connectivity index (χ4n) is 3.85. The molecule has 7 heteroatoms. The summed E-state index contributed by atoms with van der Waals surface area (Å²) in [5, 5.41) is 10.2. The molecule has 0 atom stereocenters. The fourth-order valence-corrected chi connectivity index (χ4v) is 4.53. The summed E-state index contributed by atoms with van der Waals surface area (Å²) in [5.74, 6) is -0.0149. The number of nitrogens with one attached hydrogen (secondary N) is 1. The van der Waals surface area contributed by atoms with E-state index in [4.69, 9.17) is 45.9 Å². The van der Waals surface area contributed by atoms with E-state index < -0.39 is 0 Å². The first-order valence-corrected chi connectivity index (χ1v) is 10.0. The zero-order chi connectivity index (χ0) is 19.1. The molecular formula is C20H19Cl3N4. The Bertz CT molecular complexity index is 1020. The van der Waals surface area contributed by atoms with Crippen molar-refractivity contribution in [1.82, 2.24) is 4.57 Å². The van der Waals surface area contributed by atoms with Gasteiger partial charge in [-0.3, -0.25) is 5.41 Å². The maximum absolute atomic E-state index is 8.32. The molecule has 0 aliphatic carbocycles. The largest absolute Gasteiger partial charge is 0.382 e. The summed E-state index contributed by atoms with van der Waals surface area (Å²) < 4.78 is 1.95. The predicted molar refractivity (Wildman–Crippen MR) is 115 cm³/mol. The van der Waals surface area contributed by atoms with E-state index in [1.165, 1.54) is 6.42 Å². The van der Waals surface area contributed by atoms with E-state index in [9.17, 15) is 0 Å². The Kier molecular flexibility index (Phi) is 4.97. The number of rotatable bonds is 3. The number of nitrogens with two attached hydrogens (primary N) is 1. The Labute approximate surface area is 172 Å². The second-order valence-electron chi connectivity index (χ2n) is 6.71. The van der Waals surface area contributed by atoms with Crippen molar-refractivity contribution in [2.75, 3.05) is 18.0 Å². The van der Waals surface area contributed by atoms with Crippen LogP contribution in [0.3, 0.4) is 0 Å². The molecular weight excluding hydrogens is 403 g/mol. The Morgan fingerprint density at radius 3 is 2.26 bits per heavy atom. The summed E-state index contributed by atoms with van der Waals surface area (Å²) in [6.45, 7) is 1.79. The fraction of sp³-hybridized carbons (Fsp3) is 0.250. The normalized spacial score (nSPS) is 14.7. The number of amidine groups is 1. The number of nitrogens with zero attached hydrogens (tertiary/aromatic N) is 2. The van der Waals surface area contributed by atoms with Crippen molar-refractivity contribution in [2.24, 2.45) is 5.73 Å². The molecule has 1 aromatic heterocycles. The Hall–Kier alpha value is -1.88. The lowest BCUT2D eigenvalue weighted by Crippen LogP contribution is -2.31. The van der Waals surface area contributed by atoms with E-state index in [0.717, 1.165) is 48.2 Å². The number of nitrogen functional groups attached to an aromatic ring is 1. The summed E-state index contributed by atoms with van der Waals surface area (Å²) in [4.78, 5) is 2.26. The lowest BCUT2D eigenvalue weighted by molar-refractivity contribution is 0.578. The number of piperidine rings is 1. The van der Waals surface area contributed by atoms with Crippen molar-refractivity contribution in [2.45, 2.75) is 19.3 Å². The molecule has 0 radical (unpaired) electrons. The second kappa shape index (κ2) is 7.27. The van der Waals surface area contributed by atoms with Crippen LogP contribution in [0.4, 0.5) is 5.69 Å². The molecule has 2 heterocycles. The van der Waals surface area contributed by atoms with Gasteiger partial charge in [-0.15, -0.1) is 0 Å². The van der Waals surface area contributed by atoms with Crippen LogP contribution >= 0.6 is 34.8 Å². The van der Waals surface area contributed by atoms with Gasteiger partial charge in [0.1, 0.15) is 11.5 Å². The van der Waals surface area contributed by atoms with Gasteiger partial charge in [-0.2, -0.15) is 0 Å². The van der Waals surface area contributed by atoms with Crippen molar-refractivity contribution in [3.63, 3.8) is 0 Å². The number of hydrogen-bond donors (Lipinski definition) is 2. The standard InChI is InChI=1S/C20H19Cl3N4/c21-13-11-14-15(17(23)16(13)22)18(26-9-5-2-6-10-26)19(20(24)25)27(14)12-7-3-1-4-8-12/h1,3-4,7-8,11H,2,5-6,9-10H2,(H3,24,25). The third-order valence-electron chi connectivity index (χ3n) is 5.01. The third kappa shape index (κ3) is 3.06. The topological polar surface area (TPSA) is 58.0 Å².